The van der Waals surface area contributed by atoms with Gasteiger partial charge < -0.3 is 5.32 Å². The molecule has 0 radical (unpaired) electrons. The molecule has 1 saturated carbocycles. The van der Waals surface area contributed by atoms with Gasteiger partial charge in [0.15, 0.2) is 0 Å². The van der Waals surface area contributed by atoms with E-state index in [-0.39, 0.29) is 11.1 Å². The molecule has 2 aliphatic rings. The number of hydrogen-bond donors (Lipinski definition) is 1. The lowest BCUT2D eigenvalue weighted by Gasteiger charge is -2.49. The zero-order valence-corrected chi connectivity index (χ0v) is 18.5. The fourth-order valence-corrected chi connectivity index (χ4v) is 5.37. The molecule has 168 valence electrons. The van der Waals surface area contributed by atoms with E-state index in [1.54, 1.807) is 0 Å². The van der Waals surface area contributed by atoms with Crippen molar-refractivity contribution >= 4 is 17.9 Å². The minimum atomic E-state index is -4.45. The lowest BCUT2D eigenvalue weighted by atomic mass is 9.79. The van der Waals surface area contributed by atoms with Gasteiger partial charge in [0, 0.05) is 49.6 Å². The highest BCUT2D eigenvalue weighted by Crippen LogP contribution is 2.35. The molecule has 0 spiro atoms. The fraction of sp³-hybridized carbons (Fsp3) is 0.682. The van der Waals surface area contributed by atoms with Crippen LogP contribution in [-0.4, -0.2) is 59.1 Å². The summed E-state index contributed by atoms with van der Waals surface area (Å²) in [7, 11) is 0. The third kappa shape index (κ3) is 5.92. The molecule has 3 rings (SSSR count). The highest BCUT2D eigenvalue weighted by atomic mass is 32.2. The molecule has 0 aromatic heterocycles. The van der Waals surface area contributed by atoms with E-state index in [0.29, 0.717) is 6.54 Å². The average Bonchev–Trinajstić information content (AvgIpc) is 2.76. The normalized spacial score (nSPS) is 20.8. The van der Waals surface area contributed by atoms with Crippen molar-refractivity contribution in [2.45, 2.75) is 57.2 Å². The predicted octanol–water partition coefficient (Wildman–Crippen LogP) is 4.81. The van der Waals surface area contributed by atoms with E-state index in [0.717, 1.165) is 76.2 Å². The lowest BCUT2D eigenvalue weighted by Crippen LogP contribution is -2.61. The summed E-state index contributed by atoms with van der Waals surface area (Å²) in [5.74, 6) is 0.709. The number of halogens is 3. The van der Waals surface area contributed by atoms with Crippen molar-refractivity contribution in [2.24, 2.45) is 0 Å². The van der Waals surface area contributed by atoms with Gasteiger partial charge >= 0.3 is 6.18 Å². The second kappa shape index (κ2) is 10.4. The number of carbonyl (C=O) groups excluding carboxylic acids is 1. The quantitative estimate of drug-likeness (QED) is 0.614. The molecule has 1 heterocycles. The molecular formula is C22H32F3N3OS. The van der Waals surface area contributed by atoms with Crippen molar-refractivity contribution in [1.29, 1.82) is 0 Å². The number of hydrogen-bond acceptors (Lipinski definition) is 4. The Bertz CT molecular complexity index is 699. The van der Waals surface area contributed by atoms with Crippen molar-refractivity contribution in [3.05, 3.63) is 35.4 Å². The lowest BCUT2D eigenvalue weighted by molar-refractivity contribution is -0.137. The van der Waals surface area contributed by atoms with Gasteiger partial charge in [0.25, 0.3) is 5.91 Å². The third-order valence-electron chi connectivity index (χ3n) is 6.20. The summed E-state index contributed by atoms with van der Waals surface area (Å²) in [5, 5.41) is 2.96. The molecule has 1 aliphatic heterocycles. The Morgan fingerprint density at radius 3 is 2.47 bits per heavy atom. The number of alkyl halides is 3. The van der Waals surface area contributed by atoms with Crippen LogP contribution in [0.5, 0.6) is 0 Å². The molecule has 30 heavy (non-hydrogen) atoms. The van der Waals surface area contributed by atoms with Crippen LogP contribution in [0.3, 0.4) is 0 Å². The van der Waals surface area contributed by atoms with Gasteiger partial charge in [0.2, 0.25) is 0 Å². The maximum Gasteiger partial charge on any atom is 0.416 e. The Labute approximate surface area is 181 Å². The molecule has 8 heteroatoms. The SMILES string of the molecule is CCCSN1CCN(C2(CNC(=O)c3cccc(C(F)(F)F)c3)CCCCC2)CC1. The Kier molecular flexibility index (Phi) is 8.10. The molecular weight excluding hydrogens is 411 g/mol. The molecule has 1 aromatic carbocycles. The van der Waals surface area contributed by atoms with Gasteiger partial charge in [-0.2, -0.15) is 13.2 Å². The number of piperazine rings is 1. The summed E-state index contributed by atoms with van der Waals surface area (Å²) in [6, 6.07) is 4.67. The Morgan fingerprint density at radius 2 is 1.83 bits per heavy atom. The second-order valence-electron chi connectivity index (χ2n) is 8.30. The van der Waals surface area contributed by atoms with E-state index in [4.69, 9.17) is 0 Å². The monoisotopic (exact) mass is 443 g/mol. The number of rotatable bonds is 7. The van der Waals surface area contributed by atoms with Gasteiger partial charge in [-0.25, -0.2) is 4.31 Å². The summed E-state index contributed by atoms with van der Waals surface area (Å²) in [6.07, 6.45) is 2.23. The van der Waals surface area contributed by atoms with Crippen LogP contribution in [0.15, 0.2) is 24.3 Å². The smallest absolute Gasteiger partial charge is 0.350 e. The van der Waals surface area contributed by atoms with Crippen LogP contribution in [0.2, 0.25) is 0 Å². The standard InChI is InChI=1S/C22H32F3N3OS/c1-2-15-30-28-13-11-27(12-14-28)21(9-4-3-5-10-21)17-26-20(29)18-7-6-8-19(16-18)22(23,24)25/h6-8,16H,2-5,9-15,17H2,1H3,(H,26,29). The molecule has 4 nitrogen and oxygen atoms in total. The van der Waals surface area contributed by atoms with Crippen molar-refractivity contribution in [2.75, 3.05) is 38.5 Å². The van der Waals surface area contributed by atoms with Gasteiger partial charge in [-0.15, -0.1) is 0 Å². The minimum Gasteiger partial charge on any atom is -0.350 e. The first-order chi connectivity index (χ1) is 14.3. The number of amides is 1. The van der Waals surface area contributed by atoms with E-state index in [1.807, 2.05) is 11.9 Å². The van der Waals surface area contributed by atoms with Gasteiger partial charge in [-0.05, 0) is 37.5 Å². The van der Waals surface area contributed by atoms with Crippen LogP contribution in [0.4, 0.5) is 13.2 Å². The summed E-state index contributed by atoms with van der Waals surface area (Å²) in [5.41, 5.74) is -0.809. The highest BCUT2D eigenvalue weighted by molar-refractivity contribution is 7.97. The summed E-state index contributed by atoms with van der Waals surface area (Å²) >= 11 is 1.91. The van der Waals surface area contributed by atoms with Crippen LogP contribution in [0, 0.1) is 0 Å². The summed E-state index contributed by atoms with van der Waals surface area (Å²) < 4.78 is 41.4. The van der Waals surface area contributed by atoms with Crippen LogP contribution < -0.4 is 5.32 Å². The molecule has 1 aliphatic carbocycles. The largest absolute Gasteiger partial charge is 0.416 e. The topological polar surface area (TPSA) is 35.6 Å². The van der Waals surface area contributed by atoms with Gasteiger partial charge in [-0.3, -0.25) is 9.69 Å². The van der Waals surface area contributed by atoms with E-state index in [9.17, 15) is 18.0 Å². The van der Waals surface area contributed by atoms with Crippen molar-refractivity contribution in [1.82, 2.24) is 14.5 Å². The Balaban J connectivity index is 1.64. The van der Waals surface area contributed by atoms with Gasteiger partial charge in [0.1, 0.15) is 0 Å². The van der Waals surface area contributed by atoms with Gasteiger partial charge in [0.05, 0.1) is 5.56 Å². The van der Waals surface area contributed by atoms with Crippen LogP contribution in [-0.2, 0) is 6.18 Å². The van der Waals surface area contributed by atoms with E-state index in [1.165, 1.54) is 18.6 Å². The van der Waals surface area contributed by atoms with E-state index < -0.39 is 17.6 Å². The maximum atomic E-state index is 13.0. The molecule has 1 amide bonds. The number of nitrogens with zero attached hydrogens (tertiary/aromatic N) is 2. The van der Waals surface area contributed by atoms with Crippen LogP contribution in [0.25, 0.3) is 0 Å². The molecule has 0 unspecified atom stereocenters. The Morgan fingerprint density at radius 1 is 1.13 bits per heavy atom. The van der Waals surface area contributed by atoms with Crippen molar-refractivity contribution < 1.29 is 18.0 Å². The van der Waals surface area contributed by atoms with E-state index >= 15 is 0 Å². The summed E-state index contributed by atoms with van der Waals surface area (Å²) in [4.78, 5) is 15.2. The number of benzene rings is 1. The van der Waals surface area contributed by atoms with E-state index in [2.05, 4.69) is 21.4 Å². The first-order valence-electron chi connectivity index (χ1n) is 10.9. The highest BCUT2D eigenvalue weighted by Gasteiger charge is 2.39. The van der Waals surface area contributed by atoms with Crippen LogP contribution >= 0.6 is 11.9 Å². The van der Waals surface area contributed by atoms with Crippen molar-refractivity contribution in [3.63, 3.8) is 0 Å². The van der Waals surface area contributed by atoms with Crippen LogP contribution in [0.1, 0.15) is 61.4 Å². The maximum absolute atomic E-state index is 13.0. The molecule has 1 saturated heterocycles. The zero-order chi connectivity index (χ0) is 21.6. The Hall–Kier alpha value is -1.25. The molecule has 0 atom stereocenters. The average molecular weight is 444 g/mol. The van der Waals surface area contributed by atoms with Gasteiger partial charge in [-0.1, -0.05) is 44.2 Å². The zero-order valence-electron chi connectivity index (χ0n) is 17.6. The minimum absolute atomic E-state index is 0.0663. The number of carbonyl (C=O) groups is 1. The summed E-state index contributed by atoms with van der Waals surface area (Å²) in [6.45, 7) is 6.63. The molecule has 2 fully saturated rings. The molecule has 1 N–H and O–H groups in total. The molecule has 0 bridgehead atoms. The fourth-order valence-electron chi connectivity index (χ4n) is 4.51. The number of nitrogens with one attached hydrogen (secondary N) is 1. The predicted molar refractivity (Wildman–Crippen MR) is 115 cm³/mol. The molecule has 1 aromatic rings. The third-order valence-corrected chi connectivity index (χ3v) is 7.52. The first kappa shape index (κ1) is 23.4. The second-order valence-corrected chi connectivity index (χ2v) is 9.48. The first-order valence-corrected chi connectivity index (χ1v) is 11.9. The van der Waals surface area contributed by atoms with Crippen molar-refractivity contribution in [3.8, 4) is 0 Å².